The largest absolute Gasteiger partial charge is 0.340 e. The Bertz CT molecular complexity index is 1200. The minimum absolute atomic E-state index is 0.256. The Morgan fingerprint density at radius 2 is 1.69 bits per heavy atom. The molecule has 0 saturated heterocycles. The number of amides is 1. The third-order valence-electron chi connectivity index (χ3n) is 4.84. The molecule has 5 nitrogen and oxygen atoms in total. The van der Waals surface area contributed by atoms with Crippen LogP contribution in [0, 0.1) is 19.7 Å². The molecule has 2 N–H and O–H groups in total. The van der Waals surface area contributed by atoms with Crippen LogP contribution < -0.4 is 10.6 Å². The smallest absolute Gasteiger partial charge is 0.272 e. The van der Waals surface area contributed by atoms with E-state index in [0.717, 1.165) is 22.6 Å². The zero-order valence-corrected chi connectivity index (χ0v) is 18.7. The van der Waals surface area contributed by atoms with Crippen molar-refractivity contribution in [1.82, 2.24) is 9.55 Å². The predicted molar refractivity (Wildman–Crippen MR) is 128 cm³/mol. The summed E-state index contributed by atoms with van der Waals surface area (Å²) in [5.74, 6) is 0.196. The van der Waals surface area contributed by atoms with Gasteiger partial charge < -0.3 is 15.2 Å². The van der Waals surface area contributed by atoms with Crippen LogP contribution in [0.5, 0.6) is 0 Å². The molecule has 6 heteroatoms. The second kappa shape index (κ2) is 10.4. The lowest BCUT2D eigenvalue weighted by Crippen LogP contribution is -2.16. The number of pyridine rings is 1. The first kappa shape index (κ1) is 22.7. The minimum atomic E-state index is -0.320. The van der Waals surface area contributed by atoms with E-state index in [1.165, 1.54) is 12.1 Å². The molecule has 2 heterocycles. The zero-order valence-electron chi connectivity index (χ0n) is 18.7. The molecular formula is C26H27FN4O. The molecule has 4 aromatic rings. The maximum absolute atomic E-state index is 13.2. The van der Waals surface area contributed by atoms with Crippen molar-refractivity contribution in [1.29, 1.82) is 0 Å². The quantitative estimate of drug-likeness (QED) is 0.373. The number of rotatable bonds is 5. The predicted octanol–water partition coefficient (Wildman–Crippen LogP) is 6.65. The number of hydrogen-bond acceptors (Lipinski definition) is 3. The van der Waals surface area contributed by atoms with Gasteiger partial charge in [-0.3, -0.25) is 4.79 Å². The highest BCUT2D eigenvalue weighted by atomic mass is 19.1. The number of carbonyl (C=O) groups excluding carboxylic acids is 1. The van der Waals surface area contributed by atoms with Crippen LogP contribution in [0.2, 0.25) is 0 Å². The monoisotopic (exact) mass is 430 g/mol. The van der Waals surface area contributed by atoms with E-state index in [-0.39, 0.29) is 11.7 Å². The van der Waals surface area contributed by atoms with E-state index in [4.69, 9.17) is 0 Å². The SMILES string of the molecule is CC.Cc1ccc(NC(=O)c2cccn2-c2ccc(F)cc2)cc1Nc1ncccc1C. The van der Waals surface area contributed by atoms with Gasteiger partial charge in [-0.2, -0.15) is 0 Å². The fourth-order valence-electron chi connectivity index (χ4n) is 3.17. The molecule has 2 aromatic carbocycles. The molecule has 0 aliphatic rings. The fourth-order valence-corrected chi connectivity index (χ4v) is 3.17. The molecule has 0 spiro atoms. The molecule has 4 rings (SSSR count). The Morgan fingerprint density at radius 3 is 2.41 bits per heavy atom. The topological polar surface area (TPSA) is 59.0 Å². The Kier molecular flexibility index (Phi) is 7.39. The minimum Gasteiger partial charge on any atom is -0.340 e. The second-order valence-corrected chi connectivity index (χ2v) is 7.02. The summed E-state index contributed by atoms with van der Waals surface area (Å²) in [5.41, 5.74) is 4.76. The Morgan fingerprint density at radius 1 is 0.938 bits per heavy atom. The van der Waals surface area contributed by atoms with Crippen molar-refractivity contribution in [3.63, 3.8) is 0 Å². The van der Waals surface area contributed by atoms with Crippen LogP contribution in [0.25, 0.3) is 5.69 Å². The molecule has 1 amide bonds. The van der Waals surface area contributed by atoms with Crippen molar-refractivity contribution in [3.8, 4) is 5.69 Å². The van der Waals surface area contributed by atoms with E-state index in [9.17, 15) is 9.18 Å². The summed E-state index contributed by atoms with van der Waals surface area (Å²) < 4.78 is 14.9. The van der Waals surface area contributed by atoms with Crippen LogP contribution in [-0.2, 0) is 0 Å². The van der Waals surface area contributed by atoms with Crippen molar-refractivity contribution in [2.45, 2.75) is 27.7 Å². The molecule has 0 radical (unpaired) electrons. The van der Waals surface area contributed by atoms with Gasteiger partial charge in [-0.05, 0) is 79.6 Å². The summed E-state index contributed by atoms with van der Waals surface area (Å²) in [7, 11) is 0. The summed E-state index contributed by atoms with van der Waals surface area (Å²) in [6.45, 7) is 7.98. The molecule has 0 unspecified atom stereocenters. The van der Waals surface area contributed by atoms with Crippen LogP contribution >= 0.6 is 0 Å². The summed E-state index contributed by atoms with van der Waals surface area (Å²) in [6, 6.07) is 19.1. The van der Waals surface area contributed by atoms with Gasteiger partial charge in [0.1, 0.15) is 17.3 Å². The average molecular weight is 431 g/mol. The number of aromatic nitrogens is 2. The van der Waals surface area contributed by atoms with Crippen molar-refractivity contribution >= 4 is 23.1 Å². The van der Waals surface area contributed by atoms with E-state index >= 15 is 0 Å². The molecule has 0 bridgehead atoms. The molecule has 164 valence electrons. The van der Waals surface area contributed by atoms with Crippen molar-refractivity contribution in [2.24, 2.45) is 0 Å². The van der Waals surface area contributed by atoms with E-state index < -0.39 is 0 Å². The van der Waals surface area contributed by atoms with E-state index in [0.29, 0.717) is 17.1 Å². The van der Waals surface area contributed by atoms with Crippen molar-refractivity contribution < 1.29 is 9.18 Å². The summed E-state index contributed by atoms with van der Waals surface area (Å²) in [5, 5.41) is 6.27. The van der Waals surface area contributed by atoms with Crippen molar-refractivity contribution in [2.75, 3.05) is 10.6 Å². The van der Waals surface area contributed by atoms with Gasteiger partial charge in [0.05, 0.1) is 0 Å². The maximum atomic E-state index is 13.2. The Labute approximate surface area is 187 Å². The standard InChI is InChI=1S/C24H21FN4O.C2H6/c1-16-7-10-19(15-21(16)28-23-17(2)5-3-13-26-23)27-24(30)22-6-4-14-29(22)20-11-8-18(25)9-12-20;1-2/h3-15H,1-2H3,(H,26,28)(H,27,30);1-2H3. The molecule has 32 heavy (non-hydrogen) atoms. The highest BCUT2D eigenvalue weighted by Crippen LogP contribution is 2.25. The molecular weight excluding hydrogens is 403 g/mol. The van der Waals surface area contributed by atoms with Crippen LogP contribution in [-0.4, -0.2) is 15.5 Å². The van der Waals surface area contributed by atoms with Crippen LogP contribution in [0.4, 0.5) is 21.6 Å². The number of nitrogens with zero attached hydrogens (tertiary/aromatic N) is 2. The van der Waals surface area contributed by atoms with Crippen LogP contribution in [0.3, 0.4) is 0 Å². The Hall–Kier alpha value is -3.93. The van der Waals surface area contributed by atoms with Gasteiger partial charge in [0.25, 0.3) is 5.91 Å². The first-order valence-electron chi connectivity index (χ1n) is 10.6. The lowest BCUT2D eigenvalue weighted by Gasteiger charge is -2.14. The number of anilines is 3. The summed E-state index contributed by atoms with van der Waals surface area (Å²) >= 11 is 0. The molecule has 2 aromatic heterocycles. The van der Waals surface area contributed by atoms with Crippen LogP contribution in [0.15, 0.2) is 79.1 Å². The number of aryl methyl sites for hydroxylation is 2. The second-order valence-electron chi connectivity index (χ2n) is 7.02. The number of hydrogen-bond donors (Lipinski definition) is 2. The number of nitrogens with one attached hydrogen (secondary N) is 2. The normalized spacial score (nSPS) is 10.2. The zero-order chi connectivity index (χ0) is 23.1. The molecule has 0 aliphatic heterocycles. The highest BCUT2D eigenvalue weighted by Gasteiger charge is 2.13. The summed E-state index contributed by atoms with van der Waals surface area (Å²) in [6.07, 6.45) is 3.51. The number of halogens is 1. The van der Waals surface area contributed by atoms with Crippen LogP contribution in [0.1, 0.15) is 35.5 Å². The summed E-state index contributed by atoms with van der Waals surface area (Å²) in [4.78, 5) is 17.3. The van der Waals surface area contributed by atoms with Gasteiger partial charge in [-0.1, -0.05) is 26.0 Å². The molecule has 0 saturated carbocycles. The van der Waals surface area contributed by atoms with Gasteiger partial charge in [0.15, 0.2) is 0 Å². The van der Waals surface area contributed by atoms with Gasteiger partial charge in [-0.15, -0.1) is 0 Å². The Balaban J connectivity index is 0.00000141. The third kappa shape index (κ3) is 5.21. The van der Waals surface area contributed by atoms with E-state index in [1.807, 2.05) is 58.0 Å². The average Bonchev–Trinajstić information content (AvgIpc) is 3.29. The maximum Gasteiger partial charge on any atom is 0.272 e. The first-order chi connectivity index (χ1) is 15.5. The third-order valence-corrected chi connectivity index (χ3v) is 4.84. The van der Waals surface area contributed by atoms with Gasteiger partial charge in [0.2, 0.25) is 0 Å². The molecule has 0 fully saturated rings. The number of carbonyl (C=O) groups is 1. The van der Waals surface area contributed by atoms with E-state index in [2.05, 4.69) is 15.6 Å². The lowest BCUT2D eigenvalue weighted by molar-refractivity contribution is 0.102. The lowest BCUT2D eigenvalue weighted by atomic mass is 10.1. The molecule has 0 atom stereocenters. The fraction of sp³-hybridized carbons (Fsp3) is 0.154. The van der Waals surface area contributed by atoms with Gasteiger partial charge in [0, 0.05) is 29.5 Å². The van der Waals surface area contributed by atoms with Gasteiger partial charge >= 0.3 is 0 Å². The van der Waals surface area contributed by atoms with Gasteiger partial charge in [-0.25, -0.2) is 9.37 Å². The number of benzene rings is 2. The van der Waals surface area contributed by atoms with Crippen molar-refractivity contribution in [3.05, 3.63) is 102 Å². The highest BCUT2D eigenvalue weighted by molar-refractivity contribution is 6.04. The molecule has 0 aliphatic carbocycles. The van der Waals surface area contributed by atoms with E-state index in [1.54, 1.807) is 41.2 Å². The first-order valence-corrected chi connectivity index (χ1v) is 10.6.